The first-order valence-corrected chi connectivity index (χ1v) is 9.69. The summed E-state index contributed by atoms with van der Waals surface area (Å²) in [5.74, 6) is -0.119. The minimum absolute atomic E-state index is 0.247. The van der Waals surface area contributed by atoms with Crippen molar-refractivity contribution in [2.75, 3.05) is 0 Å². The van der Waals surface area contributed by atoms with Gasteiger partial charge in [0.25, 0.3) is 5.91 Å². The van der Waals surface area contributed by atoms with Gasteiger partial charge in [0.15, 0.2) is 0 Å². The maximum absolute atomic E-state index is 13.1. The number of hydrogen-bond acceptors (Lipinski definition) is 3. The van der Waals surface area contributed by atoms with Gasteiger partial charge in [0.1, 0.15) is 0 Å². The van der Waals surface area contributed by atoms with Gasteiger partial charge in [-0.25, -0.2) is 4.98 Å². The Morgan fingerprint density at radius 3 is 2.55 bits per heavy atom. The van der Waals surface area contributed by atoms with Crippen LogP contribution in [0.3, 0.4) is 0 Å². The van der Waals surface area contributed by atoms with Crippen LogP contribution in [0.2, 0.25) is 5.02 Å². The Hall–Kier alpha value is -3.15. The fourth-order valence-electron chi connectivity index (χ4n) is 3.39. The number of pyridine rings is 1. The van der Waals surface area contributed by atoms with E-state index in [0.29, 0.717) is 10.7 Å². The fraction of sp³-hybridized carbons (Fsp3) is 0.130. The highest BCUT2D eigenvalue weighted by atomic mass is 35.5. The molecule has 1 amide bonds. The van der Waals surface area contributed by atoms with Crippen molar-refractivity contribution in [2.24, 2.45) is 0 Å². The second kappa shape index (κ2) is 8.07. The first-order chi connectivity index (χ1) is 14.0. The highest BCUT2D eigenvalue weighted by Gasteiger charge is 2.24. The van der Waals surface area contributed by atoms with Gasteiger partial charge in [-0.3, -0.25) is 9.20 Å². The van der Waals surface area contributed by atoms with Gasteiger partial charge in [-0.2, -0.15) is 0 Å². The average molecular weight is 406 g/mol. The summed E-state index contributed by atoms with van der Waals surface area (Å²) < 4.78 is 1.75. The molecule has 0 aliphatic carbocycles. The summed E-state index contributed by atoms with van der Waals surface area (Å²) in [4.78, 5) is 17.7. The molecule has 2 atom stereocenters. The van der Waals surface area contributed by atoms with Gasteiger partial charge in [-0.1, -0.05) is 60.1 Å². The van der Waals surface area contributed by atoms with Crippen LogP contribution in [0.25, 0.3) is 16.8 Å². The molecule has 0 aliphatic heterocycles. The number of aromatic nitrogens is 2. The number of amides is 1. The van der Waals surface area contributed by atoms with E-state index in [-0.39, 0.29) is 11.7 Å². The van der Waals surface area contributed by atoms with Gasteiger partial charge < -0.3 is 10.4 Å². The van der Waals surface area contributed by atoms with Crippen molar-refractivity contribution >= 4 is 23.0 Å². The fourth-order valence-corrected chi connectivity index (χ4v) is 3.59. The Morgan fingerprint density at radius 1 is 1.07 bits per heavy atom. The van der Waals surface area contributed by atoms with Crippen molar-refractivity contribution < 1.29 is 9.90 Å². The monoisotopic (exact) mass is 405 g/mol. The molecule has 5 nitrogen and oxygen atoms in total. The molecule has 2 heterocycles. The number of carbonyl (C=O) groups is 1. The molecule has 0 spiro atoms. The second-order valence-corrected chi connectivity index (χ2v) is 7.29. The van der Waals surface area contributed by atoms with E-state index >= 15 is 0 Å². The number of carbonyl (C=O) groups excluding carboxylic acids is 1. The Balaban J connectivity index is 1.75. The number of imidazole rings is 1. The molecule has 4 aromatic rings. The topological polar surface area (TPSA) is 66.6 Å². The third kappa shape index (κ3) is 3.88. The molecule has 2 N–H and O–H groups in total. The molecule has 1 unspecified atom stereocenters. The molecule has 2 aromatic carbocycles. The molecule has 0 bridgehead atoms. The number of halogens is 1. The number of nitrogens with one attached hydrogen (secondary N) is 1. The van der Waals surface area contributed by atoms with E-state index in [1.54, 1.807) is 23.6 Å². The molecule has 0 radical (unpaired) electrons. The predicted molar refractivity (Wildman–Crippen MR) is 114 cm³/mol. The highest BCUT2D eigenvalue weighted by molar-refractivity contribution is 6.30. The first kappa shape index (κ1) is 19.2. The Kier molecular flexibility index (Phi) is 5.34. The lowest BCUT2D eigenvalue weighted by atomic mass is 10.0. The summed E-state index contributed by atoms with van der Waals surface area (Å²) in [5, 5.41) is 13.8. The van der Waals surface area contributed by atoms with Crippen molar-refractivity contribution in [1.82, 2.24) is 14.7 Å². The Bertz CT molecular complexity index is 1160. The molecular weight excluding hydrogens is 386 g/mol. The minimum Gasteiger partial charge on any atom is -0.391 e. The number of aliphatic hydroxyl groups is 1. The van der Waals surface area contributed by atoms with Crippen LogP contribution in [-0.2, 0) is 0 Å². The van der Waals surface area contributed by atoms with Crippen LogP contribution in [0.5, 0.6) is 0 Å². The zero-order valence-corrected chi connectivity index (χ0v) is 16.5. The van der Waals surface area contributed by atoms with Gasteiger partial charge >= 0.3 is 0 Å². The van der Waals surface area contributed by atoms with Gasteiger partial charge in [-0.05, 0) is 36.8 Å². The normalized spacial score (nSPS) is 13.2. The van der Waals surface area contributed by atoms with E-state index in [1.165, 1.54) is 0 Å². The van der Waals surface area contributed by atoms with Gasteiger partial charge in [-0.15, -0.1) is 0 Å². The van der Waals surface area contributed by atoms with Gasteiger partial charge in [0.2, 0.25) is 5.82 Å². The third-order valence-corrected chi connectivity index (χ3v) is 5.01. The van der Waals surface area contributed by atoms with Crippen LogP contribution in [0.1, 0.15) is 29.1 Å². The van der Waals surface area contributed by atoms with E-state index < -0.39 is 12.1 Å². The molecule has 146 valence electrons. The Labute approximate surface area is 173 Å². The molecular formula is C23H20ClN3O2. The smallest absolute Gasteiger partial charge is 0.288 e. The minimum atomic E-state index is -0.764. The zero-order valence-electron chi connectivity index (χ0n) is 15.8. The largest absolute Gasteiger partial charge is 0.391 e. The number of nitrogens with zero attached hydrogens (tertiary/aromatic N) is 2. The summed E-state index contributed by atoms with van der Waals surface area (Å²) in [7, 11) is 0. The Morgan fingerprint density at radius 2 is 1.83 bits per heavy atom. The molecule has 0 saturated carbocycles. The van der Waals surface area contributed by atoms with Crippen LogP contribution < -0.4 is 5.32 Å². The zero-order chi connectivity index (χ0) is 20.4. The number of fused-ring (bicyclic) bond motifs is 1. The molecule has 2 aromatic heterocycles. The predicted octanol–water partition coefficient (Wildman–Crippen LogP) is 4.51. The van der Waals surface area contributed by atoms with Crippen LogP contribution in [0.15, 0.2) is 79.0 Å². The summed E-state index contributed by atoms with van der Waals surface area (Å²) in [6.45, 7) is 1.65. The van der Waals surface area contributed by atoms with Crippen LogP contribution in [0.4, 0.5) is 0 Å². The van der Waals surface area contributed by atoms with E-state index in [1.807, 2.05) is 66.7 Å². The number of benzene rings is 2. The van der Waals surface area contributed by atoms with Gasteiger partial charge in [0, 0.05) is 16.8 Å². The van der Waals surface area contributed by atoms with E-state index in [0.717, 1.165) is 16.6 Å². The lowest BCUT2D eigenvalue weighted by Crippen LogP contribution is -2.36. The molecule has 6 heteroatoms. The van der Waals surface area contributed by atoms with Crippen LogP contribution in [-0.4, -0.2) is 26.5 Å². The summed E-state index contributed by atoms with van der Waals surface area (Å²) >= 11 is 6.15. The summed E-state index contributed by atoms with van der Waals surface area (Å²) in [6, 6.07) is 21.9. The van der Waals surface area contributed by atoms with Crippen molar-refractivity contribution in [3.8, 4) is 11.3 Å². The van der Waals surface area contributed by atoms with Crippen molar-refractivity contribution in [3.05, 3.63) is 95.4 Å². The van der Waals surface area contributed by atoms with Crippen molar-refractivity contribution in [2.45, 2.75) is 19.1 Å². The molecule has 0 fully saturated rings. The van der Waals surface area contributed by atoms with E-state index in [2.05, 4.69) is 10.3 Å². The number of aliphatic hydroxyl groups excluding tert-OH is 1. The number of rotatable bonds is 5. The van der Waals surface area contributed by atoms with Crippen molar-refractivity contribution in [3.63, 3.8) is 0 Å². The van der Waals surface area contributed by atoms with Crippen LogP contribution in [0, 0.1) is 0 Å². The van der Waals surface area contributed by atoms with E-state index in [9.17, 15) is 9.90 Å². The SMILES string of the molecule is CC(O)[C@H](NC(=O)c1nc(-c2cccc(Cl)c2)c2ccccn12)c1ccccc1. The highest BCUT2D eigenvalue weighted by Crippen LogP contribution is 2.27. The standard InChI is InChI=1S/C23H20ClN3O2/c1-15(28)20(16-8-3-2-4-9-16)26-23(29)22-25-21(17-10-7-11-18(24)14-17)19-12-5-6-13-27(19)22/h2-15,20,28H,1H3,(H,26,29)/t15?,20-/m0/s1. The lowest BCUT2D eigenvalue weighted by Gasteiger charge is -2.21. The summed E-state index contributed by atoms with van der Waals surface area (Å²) in [6.07, 6.45) is 1.03. The maximum Gasteiger partial charge on any atom is 0.288 e. The lowest BCUT2D eigenvalue weighted by molar-refractivity contribution is 0.0847. The number of hydrogen-bond donors (Lipinski definition) is 2. The molecule has 0 aliphatic rings. The first-order valence-electron chi connectivity index (χ1n) is 9.31. The van der Waals surface area contributed by atoms with Crippen LogP contribution >= 0.6 is 11.6 Å². The molecule has 0 saturated heterocycles. The van der Waals surface area contributed by atoms with E-state index in [4.69, 9.17) is 11.6 Å². The average Bonchev–Trinajstić information content (AvgIpc) is 3.12. The molecule has 4 rings (SSSR count). The third-order valence-electron chi connectivity index (χ3n) is 4.78. The van der Waals surface area contributed by atoms with Crippen molar-refractivity contribution in [1.29, 1.82) is 0 Å². The summed E-state index contributed by atoms with van der Waals surface area (Å²) in [5.41, 5.74) is 3.13. The van der Waals surface area contributed by atoms with Gasteiger partial charge in [0.05, 0.1) is 23.4 Å². The maximum atomic E-state index is 13.1. The molecule has 29 heavy (non-hydrogen) atoms. The quantitative estimate of drug-likeness (QED) is 0.513. The second-order valence-electron chi connectivity index (χ2n) is 6.85.